The maximum absolute atomic E-state index is 11.7. The summed E-state index contributed by atoms with van der Waals surface area (Å²) < 4.78 is 0. The van der Waals surface area contributed by atoms with E-state index in [1.807, 2.05) is 6.07 Å². The van der Waals surface area contributed by atoms with Crippen molar-refractivity contribution in [3.63, 3.8) is 0 Å². The van der Waals surface area contributed by atoms with Crippen LogP contribution in [0.1, 0.15) is 31.2 Å². The highest BCUT2D eigenvalue weighted by atomic mass is 16.2. The Kier molecular flexibility index (Phi) is 5.21. The summed E-state index contributed by atoms with van der Waals surface area (Å²) in [4.78, 5) is 11.7. The minimum absolute atomic E-state index is 0.0547. The Hall–Kier alpha value is -1.35. The number of hydrogen-bond donors (Lipinski definition) is 2. The van der Waals surface area contributed by atoms with Gasteiger partial charge in [0.2, 0.25) is 5.91 Å². The smallest absolute Gasteiger partial charge is 0.237 e. The fourth-order valence-electron chi connectivity index (χ4n) is 2.34. The van der Waals surface area contributed by atoms with Gasteiger partial charge in [0.25, 0.3) is 0 Å². The molecule has 0 aliphatic carbocycles. The minimum atomic E-state index is 0.0547. The molecule has 1 heterocycles. The first-order valence-corrected chi connectivity index (χ1v) is 6.91. The van der Waals surface area contributed by atoms with Crippen molar-refractivity contribution in [3.05, 3.63) is 35.9 Å². The van der Waals surface area contributed by atoms with Gasteiger partial charge in [-0.2, -0.15) is 0 Å². The van der Waals surface area contributed by atoms with Crippen LogP contribution in [0.2, 0.25) is 0 Å². The van der Waals surface area contributed by atoms with E-state index in [0.717, 1.165) is 45.2 Å². The van der Waals surface area contributed by atoms with E-state index in [1.165, 1.54) is 5.56 Å². The second kappa shape index (κ2) is 7.17. The van der Waals surface area contributed by atoms with Gasteiger partial charge in [-0.15, -0.1) is 0 Å². The Morgan fingerprint density at radius 3 is 2.83 bits per heavy atom. The Morgan fingerprint density at radius 1 is 1.28 bits per heavy atom. The molecule has 0 spiro atoms. The first-order chi connectivity index (χ1) is 8.86. The molecule has 0 radical (unpaired) electrons. The monoisotopic (exact) mass is 246 g/mol. The number of hydrogen-bond acceptors (Lipinski definition) is 2. The van der Waals surface area contributed by atoms with Gasteiger partial charge in [-0.25, -0.2) is 0 Å². The molecule has 18 heavy (non-hydrogen) atoms. The molecule has 3 heteroatoms. The van der Waals surface area contributed by atoms with E-state index in [1.54, 1.807) is 0 Å². The Labute approximate surface area is 109 Å². The van der Waals surface area contributed by atoms with Gasteiger partial charge < -0.3 is 10.6 Å². The van der Waals surface area contributed by atoms with Crippen LogP contribution in [0.25, 0.3) is 0 Å². The van der Waals surface area contributed by atoms with E-state index in [-0.39, 0.29) is 11.9 Å². The average Bonchev–Trinajstić information content (AvgIpc) is 2.93. The summed E-state index contributed by atoms with van der Waals surface area (Å²) in [5.41, 5.74) is 1.38. The number of amides is 1. The summed E-state index contributed by atoms with van der Waals surface area (Å²) in [6, 6.07) is 10.5. The Balaban J connectivity index is 1.54. The highest BCUT2D eigenvalue weighted by Gasteiger charge is 2.20. The van der Waals surface area contributed by atoms with Crippen molar-refractivity contribution < 1.29 is 4.79 Å². The van der Waals surface area contributed by atoms with Crippen LogP contribution in [0, 0.1) is 0 Å². The molecule has 1 aromatic rings. The van der Waals surface area contributed by atoms with Crippen LogP contribution < -0.4 is 10.6 Å². The molecule has 1 amide bonds. The molecule has 2 rings (SSSR count). The van der Waals surface area contributed by atoms with Crippen LogP contribution in [0.4, 0.5) is 0 Å². The molecule has 98 valence electrons. The Bertz CT molecular complexity index is 358. The highest BCUT2D eigenvalue weighted by molar-refractivity contribution is 5.81. The zero-order valence-corrected chi connectivity index (χ0v) is 10.8. The van der Waals surface area contributed by atoms with Gasteiger partial charge in [0.05, 0.1) is 6.04 Å². The highest BCUT2D eigenvalue weighted by Crippen LogP contribution is 2.06. The van der Waals surface area contributed by atoms with Crippen molar-refractivity contribution in [1.82, 2.24) is 10.6 Å². The quantitative estimate of drug-likeness (QED) is 0.752. The fourth-order valence-corrected chi connectivity index (χ4v) is 2.34. The van der Waals surface area contributed by atoms with E-state index >= 15 is 0 Å². The summed E-state index contributed by atoms with van der Waals surface area (Å²) >= 11 is 0. The van der Waals surface area contributed by atoms with Gasteiger partial charge in [0.1, 0.15) is 0 Å². The first kappa shape index (κ1) is 13.1. The third kappa shape index (κ3) is 4.15. The van der Waals surface area contributed by atoms with Gasteiger partial charge in [-0.3, -0.25) is 4.79 Å². The van der Waals surface area contributed by atoms with Crippen LogP contribution in [-0.4, -0.2) is 25.0 Å². The number of carbonyl (C=O) groups is 1. The third-order valence-electron chi connectivity index (χ3n) is 3.41. The number of benzene rings is 1. The third-order valence-corrected chi connectivity index (χ3v) is 3.41. The molecule has 0 aromatic heterocycles. The number of unbranched alkanes of at least 4 members (excludes halogenated alkanes) is 1. The average molecular weight is 246 g/mol. The van der Waals surface area contributed by atoms with E-state index in [9.17, 15) is 4.79 Å². The van der Waals surface area contributed by atoms with E-state index in [0.29, 0.717) is 0 Å². The Morgan fingerprint density at radius 2 is 2.11 bits per heavy atom. The van der Waals surface area contributed by atoms with Gasteiger partial charge in [0, 0.05) is 6.54 Å². The maximum Gasteiger partial charge on any atom is 0.237 e. The lowest BCUT2D eigenvalue weighted by molar-refractivity contribution is -0.122. The molecule has 3 nitrogen and oxygen atoms in total. The predicted molar refractivity (Wildman–Crippen MR) is 73.4 cm³/mol. The largest absolute Gasteiger partial charge is 0.355 e. The van der Waals surface area contributed by atoms with Crippen molar-refractivity contribution in [2.75, 3.05) is 13.1 Å². The fraction of sp³-hybridized carbons (Fsp3) is 0.533. The minimum Gasteiger partial charge on any atom is -0.355 e. The SMILES string of the molecule is O=C(NCCCCc1ccccc1)C1CCCN1. The van der Waals surface area contributed by atoms with Crippen LogP contribution in [0.15, 0.2) is 30.3 Å². The lowest BCUT2D eigenvalue weighted by Crippen LogP contribution is -2.40. The first-order valence-electron chi connectivity index (χ1n) is 6.91. The van der Waals surface area contributed by atoms with Crippen LogP contribution in [0.3, 0.4) is 0 Å². The lowest BCUT2D eigenvalue weighted by Gasteiger charge is -2.10. The maximum atomic E-state index is 11.7. The molecule has 2 N–H and O–H groups in total. The van der Waals surface area contributed by atoms with Crippen molar-refractivity contribution in [2.45, 2.75) is 38.1 Å². The molecule has 1 aliphatic rings. The topological polar surface area (TPSA) is 41.1 Å². The van der Waals surface area contributed by atoms with Crippen molar-refractivity contribution in [2.24, 2.45) is 0 Å². The molecule has 0 bridgehead atoms. The standard InChI is InChI=1S/C15H22N2O/c18-15(14-10-6-12-16-14)17-11-5-4-9-13-7-2-1-3-8-13/h1-3,7-8,14,16H,4-6,9-12H2,(H,17,18). The van der Waals surface area contributed by atoms with Crippen LogP contribution in [-0.2, 0) is 11.2 Å². The molecule has 1 atom stereocenters. The van der Waals surface area contributed by atoms with Gasteiger partial charge >= 0.3 is 0 Å². The zero-order valence-electron chi connectivity index (χ0n) is 10.8. The van der Waals surface area contributed by atoms with Crippen LogP contribution >= 0.6 is 0 Å². The molecule has 1 fully saturated rings. The predicted octanol–water partition coefficient (Wildman–Crippen LogP) is 1.88. The lowest BCUT2D eigenvalue weighted by atomic mass is 10.1. The molecule has 1 unspecified atom stereocenters. The molecular weight excluding hydrogens is 224 g/mol. The van der Waals surface area contributed by atoms with Crippen molar-refractivity contribution >= 4 is 5.91 Å². The summed E-state index contributed by atoms with van der Waals surface area (Å²) in [5.74, 6) is 0.173. The molecular formula is C15H22N2O. The molecule has 1 aliphatic heterocycles. The second-order valence-electron chi connectivity index (χ2n) is 4.88. The van der Waals surface area contributed by atoms with E-state index in [2.05, 4.69) is 34.9 Å². The summed E-state index contributed by atoms with van der Waals surface area (Å²) in [6.07, 6.45) is 5.37. The second-order valence-corrected chi connectivity index (χ2v) is 4.88. The summed E-state index contributed by atoms with van der Waals surface area (Å²) in [7, 11) is 0. The van der Waals surface area contributed by atoms with Gasteiger partial charge in [-0.05, 0) is 44.2 Å². The van der Waals surface area contributed by atoms with Gasteiger partial charge in [-0.1, -0.05) is 30.3 Å². The number of rotatable bonds is 6. The number of nitrogens with one attached hydrogen (secondary N) is 2. The zero-order chi connectivity index (χ0) is 12.6. The summed E-state index contributed by atoms with van der Waals surface area (Å²) in [5, 5.41) is 6.22. The van der Waals surface area contributed by atoms with Crippen LogP contribution in [0.5, 0.6) is 0 Å². The normalized spacial score (nSPS) is 18.8. The molecule has 0 saturated carbocycles. The van der Waals surface area contributed by atoms with E-state index in [4.69, 9.17) is 0 Å². The van der Waals surface area contributed by atoms with Gasteiger partial charge in [0.15, 0.2) is 0 Å². The van der Waals surface area contributed by atoms with E-state index < -0.39 is 0 Å². The summed E-state index contributed by atoms with van der Waals surface area (Å²) in [6.45, 7) is 1.77. The van der Waals surface area contributed by atoms with Crippen molar-refractivity contribution in [1.29, 1.82) is 0 Å². The molecule has 1 aromatic carbocycles. The molecule has 1 saturated heterocycles. The number of aryl methyl sites for hydroxylation is 1. The number of carbonyl (C=O) groups excluding carboxylic acids is 1. The van der Waals surface area contributed by atoms with Crippen molar-refractivity contribution in [3.8, 4) is 0 Å².